The van der Waals surface area contributed by atoms with E-state index in [4.69, 9.17) is 4.74 Å². The summed E-state index contributed by atoms with van der Waals surface area (Å²) in [5.41, 5.74) is 1.11. The van der Waals surface area contributed by atoms with Crippen LogP contribution in [0.2, 0.25) is 0 Å². The number of imidazole rings is 1. The van der Waals surface area contributed by atoms with Crippen LogP contribution in [0.1, 0.15) is 18.3 Å². The Kier molecular flexibility index (Phi) is 5.37. The second kappa shape index (κ2) is 7.47. The van der Waals surface area contributed by atoms with Gasteiger partial charge < -0.3 is 14.6 Å². The molecular formula is C16H21N3O2. The first-order valence-corrected chi connectivity index (χ1v) is 7.14. The van der Waals surface area contributed by atoms with Gasteiger partial charge in [0.05, 0.1) is 0 Å². The van der Waals surface area contributed by atoms with Crippen molar-refractivity contribution >= 4 is 5.91 Å². The number of ether oxygens (including phenoxy) is 1. The summed E-state index contributed by atoms with van der Waals surface area (Å²) >= 11 is 0. The third kappa shape index (κ3) is 4.34. The van der Waals surface area contributed by atoms with Gasteiger partial charge in [-0.1, -0.05) is 25.1 Å². The van der Waals surface area contributed by atoms with Gasteiger partial charge in [0, 0.05) is 32.4 Å². The number of aromatic nitrogens is 2. The molecule has 5 heteroatoms. The van der Waals surface area contributed by atoms with Crippen molar-refractivity contribution in [3.05, 3.63) is 48.0 Å². The number of nitrogens with one attached hydrogen (secondary N) is 1. The minimum Gasteiger partial charge on any atom is -0.483 e. The van der Waals surface area contributed by atoms with Crippen LogP contribution in [0.4, 0.5) is 0 Å². The van der Waals surface area contributed by atoms with Gasteiger partial charge in [0.2, 0.25) is 0 Å². The van der Waals surface area contributed by atoms with Gasteiger partial charge in [-0.05, 0) is 18.1 Å². The molecule has 1 heterocycles. The monoisotopic (exact) mass is 287 g/mol. The molecule has 0 fully saturated rings. The van der Waals surface area contributed by atoms with Crippen molar-refractivity contribution in [2.45, 2.75) is 19.8 Å². The molecule has 0 saturated heterocycles. The number of amides is 1. The van der Waals surface area contributed by atoms with Crippen LogP contribution in [0, 0.1) is 0 Å². The fraction of sp³-hybridized carbons (Fsp3) is 0.375. The van der Waals surface area contributed by atoms with Gasteiger partial charge in [-0.2, -0.15) is 0 Å². The Balaban J connectivity index is 1.74. The van der Waals surface area contributed by atoms with Crippen LogP contribution in [-0.4, -0.2) is 28.6 Å². The number of carbonyl (C=O) groups excluding carboxylic acids is 1. The lowest BCUT2D eigenvalue weighted by atomic mass is 10.1. The number of hydrogen-bond donors (Lipinski definition) is 1. The Morgan fingerprint density at radius 2 is 2.19 bits per heavy atom. The van der Waals surface area contributed by atoms with E-state index in [0.29, 0.717) is 13.0 Å². The molecule has 1 N–H and O–H groups in total. The van der Waals surface area contributed by atoms with Crippen LogP contribution in [0.15, 0.2) is 36.7 Å². The maximum absolute atomic E-state index is 11.8. The molecule has 0 saturated carbocycles. The van der Waals surface area contributed by atoms with Crippen molar-refractivity contribution in [3.63, 3.8) is 0 Å². The van der Waals surface area contributed by atoms with Gasteiger partial charge in [-0.25, -0.2) is 4.98 Å². The van der Waals surface area contributed by atoms with E-state index in [1.54, 1.807) is 6.20 Å². The Hall–Kier alpha value is -2.30. The lowest BCUT2D eigenvalue weighted by Gasteiger charge is -2.10. The molecule has 112 valence electrons. The minimum atomic E-state index is -0.116. The largest absolute Gasteiger partial charge is 0.483 e. The van der Waals surface area contributed by atoms with Crippen LogP contribution in [-0.2, 0) is 24.7 Å². The van der Waals surface area contributed by atoms with E-state index < -0.39 is 0 Å². The predicted octanol–water partition coefficient (Wildman–Crippen LogP) is 1.72. The lowest BCUT2D eigenvalue weighted by Crippen LogP contribution is -2.31. The molecule has 0 atom stereocenters. The van der Waals surface area contributed by atoms with Crippen molar-refractivity contribution in [1.29, 1.82) is 0 Å². The van der Waals surface area contributed by atoms with E-state index in [1.165, 1.54) is 0 Å². The molecule has 2 aromatic rings. The first-order valence-electron chi connectivity index (χ1n) is 7.14. The highest BCUT2D eigenvalue weighted by Crippen LogP contribution is 2.17. The highest BCUT2D eigenvalue weighted by Gasteiger charge is 2.06. The third-order valence-corrected chi connectivity index (χ3v) is 3.30. The summed E-state index contributed by atoms with van der Waals surface area (Å²) in [6.45, 7) is 2.66. The Labute approximate surface area is 125 Å². The van der Waals surface area contributed by atoms with Crippen molar-refractivity contribution in [2.75, 3.05) is 13.2 Å². The number of hydrogen-bond acceptors (Lipinski definition) is 3. The standard InChI is InChI=1S/C16H21N3O2/c1-3-13-6-4-5-7-14(13)21-12-16(20)18-9-8-15-17-10-11-19(15)2/h4-7,10-11H,3,8-9,12H2,1-2H3,(H,18,20). The van der Waals surface area contributed by atoms with E-state index in [2.05, 4.69) is 17.2 Å². The van der Waals surface area contributed by atoms with Crippen molar-refractivity contribution in [1.82, 2.24) is 14.9 Å². The Morgan fingerprint density at radius 3 is 2.90 bits per heavy atom. The average Bonchev–Trinajstić information content (AvgIpc) is 2.91. The topological polar surface area (TPSA) is 56.1 Å². The zero-order chi connectivity index (χ0) is 15.1. The van der Waals surface area contributed by atoms with E-state index in [-0.39, 0.29) is 12.5 Å². The first-order chi connectivity index (χ1) is 10.2. The fourth-order valence-electron chi connectivity index (χ4n) is 2.08. The molecular weight excluding hydrogens is 266 g/mol. The maximum Gasteiger partial charge on any atom is 0.257 e. The number of para-hydroxylation sites is 1. The molecule has 0 spiro atoms. The number of aryl methyl sites for hydroxylation is 2. The summed E-state index contributed by atoms with van der Waals surface area (Å²) in [7, 11) is 1.94. The van der Waals surface area contributed by atoms with Gasteiger partial charge in [0.1, 0.15) is 11.6 Å². The summed E-state index contributed by atoms with van der Waals surface area (Å²) in [5.74, 6) is 1.61. The fourth-order valence-corrected chi connectivity index (χ4v) is 2.08. The summed E-state index contributed by atoms with van der Waals surface area (Å²) in [5, 5.41) is 2.84. The number of benzene rings is 1. The molecule has 0 bridgehead atoms. The van der Waals surface area contributed by atoms with Crippen LogP contribution >= 0.6 is 0 Å². The lowest BCUT2D eigenvalue weighted by molar-refractivity contribution is -0.123. The van der Waals surface area contributed by atoms with Crippen molar-refractivity contribution in [2.24, 2.45) is 7.05 Å². The van der Waals surface area contributed by atoms with Crippen molar-refractivity contribution < 1.29 is 9.53 Å². The molecule has 2 rings (SSSR count). The van der Waals surface area contributed by atoms with Crippen LogP contribution < -0.4 is 10.1 Å². The van der Waals surface area contributed by atoms with E-state index in [0.717, 1.165) is 23.6 Å². The molecule has 0 aliphatic rings. The molecule has 21 heavy (non-hydrogen) atoms. The van der Waals surface area contributed by atoms with Crippen molar-refractivity contribution in [3.8, 4) is 5.75 Å². The van der Waals surface area contributed by atoms with Gasteiger partial charge >= 0.3 is 0 Å². The second-order valence-electron chi connectivity index (χ2n) is 4.80. The Morgan fingerprint density at radius 1 is 1.38 bits per heavy atom. The highest BCUT2D eigenvalue weighted by atomic mass is 16.5. The van der Waals surface area contributed by atoms with Gasteiger partial charge in [0.25, 0.3) is 5.91 Å². The third-order valence-electron chi connectivity index (χ3n) is 3.30. The summed E-state index contributed by atoms with van der Waals surface area (Å²) in [6, 6.07) is 7.78. The quantitative estimate of drug-likeness (QED) is 0.843. The zero-order valence-electron chi connectivity index (χ0n) is 12.5. The zero-order valence-corrected chi connectivity index (χ0v) is 12.5. The number of carbonyl (C=O) groups is 1. The van der Waals surface area contributed by atoms with Crippen LogP contribution in [0.3, 0.4) is 0 Å². The SMILES string of the molecule is CCc1ccccc1OCC(=O)NCCc1nccn1C. The van der Waals surface area contributed by atoms with Gasteiger partial charge in [-0.15, -0.1) is 0 Å². The smallest absolute Gasteiger partial charge is 0.257 e. The van der Waals surface area contributed by atoms with Crippen LogP contribution in [0.5, 0.6) is 5.75 Å². The summed E-state index contributed by atoms with van der Waals surface area (Å²) in [4.78, 5) is 16.0. The summed E-state index contributed by atoms with van der Waals surface area (Å²) in [6.07, 6.45) is 5.24. The normalized spacial score (nSPS) is 10.4. The molecule has 0 radical (unpaired) electrons. The number of rotatable bonds is 7. The minimum absolute atomic E-state index is 0.0393. The molecule has 1 aromatic carbocycles. The van der Waals surface area contributed by atoms with Gasteiger partial charge in [0.15, 0.2) is 6.61 Å². The predicted molar refractivity (Wildman–Crippen MR) is 81.2 cm³/mol. The molecule has 5 nitrogen and oxygen atoms in total. The first kappa shape index (κ1) is 15.1. The van der Waals surface area contributed by atoms with E-state index >= 15 is 0 Å². The van der Waals surface area contributed by atoms with E-state index in [1.807, 2.05) is 42.1 Å². The maximum atomic E-state index is 11.8. The molecule has 1 aromatic heterocycles. The Bertz CT molecular complexity index is 593. The average molecular weight is 287 g/mol. The molecule has 0 aliphatic heterocycles. The molecule has 1 amide bonds. The molecule has 0 aliphatic carbocycles. The van der Waals surface area contributed by atoms with E-state index in [9.17, 15) is 4.79 Å². The summed E-state index contributed by atoms with van der Waals surface area (Å²) < 4.78 is 7.51. The second-order valence-corrected chi connectivity index (χ2v) is 4.80. The highest BCUT2D eigenvalue weighted by molar-refractivity contribution is 5.77. The van der Waals surface area contributed by atoms with Gasteiger partial charge in [-0.3, -0.25) is 4.79 Å². The number of nitrogens with zero attached hydrogens (tertiary/aromatic N) is 2. The molecule has 0 unspecified atom stereocenters. The van der Waals surface area contributed by atoms with Crippen LogP contribution in [0.25, 0.3) is 0 Å².